The van der Waals surface area contributed by atoms with E-state index in [1.807, 2.05) is 0 Å². The van der Waals surface area contributed by atoms with Crippen molar-refractivity contribution in [1.82, 2.24) is 4.90 Å². The van der Waals surface area contributed by atoms with Gasteiger partial charge in [0.2, 0.25) is 0 Å². The van der Waals surface area contributed by atoms with E-state index in [2.05, 4.69) is 25.7 Å². The fourth-order valence-electron chi connectivity index (χ4n) is 0.671. The molecule has 0 rings (SSSR count). The van der Waals surface area contributed by atoms with Gasteiger partial charge in [-0.1, -0.05) is 20.8 Å². The molecule has 0 aliphatic heterocycles. The van der Waals surface area contributed by atoms with E-state index in [0.717, 1.165) is 0 Å². The third-order valence-electron chi connectivity index (χ3n) is 1.34. The van der Waals surface area contributed by atoms with Crippen LogP contribution in [0.15, 0.2) is 0 Å². The zero-order chi connectivity index (χ0) is 5.70. The number of hydrogen-bond donors (Lipinski definition) is 0. The Bertz CT molecular complexity index is 42.1. The summed E-state index contributed by atoms with van der Waals surface area (Å²) in [7, 11) is 0. The second-order valence-corrected chi connectivity index (χ2v) is 1.62. The van der Waals surface area contributed by atoms with Crippen molar-refractivity contribution >= 4 is 50.1 Å². The molecule has 0 radical (unpaired) electrons. The minimum Gasteiger partial charge on any atom is -1.00 e. The Kier molecular flexibility index (Phi) is 22.9. The van der Waals surface area contributed by atoms with Crippen LogP contribution in [-0.2, 0) is 0 Å². The van der Waals surface area contributed by atoms with Crippen molar-refractivity contribution in [2.24, 2.45) is 0 Å². The maximum atomic E-state index is 2.38. The normalized spacial score (nSPS) is 8.00. The maximum Gasteiger partial charge on any atom is 2.00 e. The monoisotopic (exact) mass is 179 g/mol. The van der Waals surface area contributed by atoms with Gasteiger partial charge < -0.3 is 7.75 Å². The molecule has 0 atom stereocenters. The smallest absolute Gasteiger partial charge is 1.00 e. The predicted octanol–water partition coefficient (Wildman–Crippen LogP) is 1.61. The second-order valence-electron chi connectivity index (χ2n) is 1.62. The molecule has 0 unspecified atom stereocenters. The molecule has 0 heterocycles. The van der Waals surface area contributed by atoms with Crippen molar-refractivity contribution < 1.29 is 2.85 Å². The van der Waals surface area contributed by atoms with Crippen LogP contribution in [0.2, 0.25) is 0 Å². The third kappa shape index (κ3) is 9.51. The van der Waals surface area contributed by atoms with Crippen LogP contribution in [0, 0.1) is 0 Å². The van der Waals surface area contributed by atoms with Crippen molar-refractivity contribution in [3.8, 4) is 0 Å². The third-order valence-corrected chi connectivity index (χ3v) is 1.34. The molecule has 0 aliphatic rings. The van der Waals surface area contributed by atoms with Gasteiger partial charge in [0.25, 0.3) is 0 Å². The average molecular weight is 180 g/mol. The summed E-state index contributed by atoms with van der Waals surface area (Å²) in [4.78, 5) is 2.38. The molecule has 56 valence electrons. The van der Waals surface area contributed by atoms with Gasteiger partial charge in [-0.3, -0.25) is 0 Å². The van der Waals surface area contributed by atoms with E-state index >= 15 is 0 Å². The molecule has 0 saturated heterocycles. The molecular formula is C6H18CaClN. The summed E-state index contributed by atoms with van der Waals surface area (Å²) in [6.45, 7) is 10.1. The van der Waals surface area contributed by atoms with Crippen LogP contribution in [0.5, 0.6) is 0 Å². The summed E-state index contributed by atoms with van der Waals surface area (Å²) in [6.07, 6.45) is 0. The van der Waals surface area contributed by atoms with E-state index in [1.165, 1.54) is 19.6 Å². The maximum absolute atomic E-state index is 2.38. The first-order valence-electron chi connectivity index (χ1n) is 3.07. The number of nitrogens with zero attached hydrogens (tertiary/aromatic N) is 1. The minimum absolute atomic E-state index is 0. The molecule has 0 saturated carbocycles. The summed E-state index contributed by atoms with van der Waals surface area (Å²) in [5.74, 6) is 0. The summed E-state index contributed by atoms with van der Waals surface area (Å²) in [5, 5.41) is 0. The Labute approximate surface area is 97.6 Å². The zero-order valence-electron chi connectivity index (χ0n) is 8.68. The van der Waals surface area contributed by atoms with Gasteiger partial charge >= 0.3 is 37.7 Å². The first-order chi connectivity index (χ1) is 3.35. The molecule has 0 aromatic rings. The molecular weight excluding hydrogens is 162 g/mol. The first-order valence-corrected chi connectivity index (χ1v) is 3.07. The first kappa shape index (κ1) is 16.9. The van der Waals surface area contributed by atoms with Crippen LogP contribution in [0.3, 0.4) is 0 Å². The van der Waals surface area contributed by atoms with E-state index in [9.17, 15) is 0 Å². The summed E-state index contributed by atoms with van der Waals surface area (Å²) >= 11 is 0. The van der Waals surface area contributed by atoms with Gasteiger partial charge in [0.05, 0.1) is 0 Å². The molecule has 3 heteroatoms. The van der Waals surface area contributed by atoms with E-state index in [-0.39, 0.29) is 53.0 Å². The fourth-order valence-corrected chi connectivity index (χ4v) is 0.671. The predicted molar refractivity (Wildman–Crippen MR) is 48.7 cm³/mol. The van der Waals surface area contributed by atoms with Gasteiger partial charge in [0.1, 0.15) is 0 Å². The summed E-state index contributed by atoms with van der Waals surface area (Å²) < 4.78 is 0. The summed E-state index contributed by atoms with van der Waals surface area (Å²) in [6, 6.07) is 0. The quantitative estimate of drug-likeness (QED) is 0.596. The largest absolute Gasteiger partial charge is 2.00 e. The standard InChI is InChI=1S/C6H15N.Ca.ClH.2H/c1-4-7(5-2)6-3;;;;/h4-6H2,1-3H3;;1H;;/q;+2;;2*-1. The molecule has 0 bridgehead atoms. The molecule has 0 spiro atoms. The Morgan fingerprint density at radius 1 is 1.00 bits per heavy atom. The van der Waals surface area contributed by atoms with Crippen molar-refractivity contribution in [3.05, 3.63) is 0 Å². The van der Waals surface area contributed by atoms with Gasteiger partial charge in [0, 0.05) is 0 Å². The molecule has 1 nitrogen and oxygen atoms in total. The van der Waals surface area contributed by atoms with Crippen LogP contribution < -0.4 is 0 Å². The molecule has 9 heavy (non-hydrogen) atoms. The van der Waals surface area contributed by atoms with Gasteiger partial charge in [-0.2, -0.15) is 0 Å². The molecule has 0 aromatic heterocycles. The van der Waals surface area contributed by atoms with Crippen LogP contribution in [0.1, 0.15) is 23.6 Å². The molecule has 0 aromatic carbocycles. The SMILES string of the molecule is CCN(CC)CC.Cl.[Ca+2].[H-].[H-]. The Morgan fingerprint density at radius 3 is 1.22 bits per heavy atom. The van der Waals surface area contributed by atoms with Crippen LogP contribution >= 0.6 is 12.4 Å². The van der Waals surface area contributed by atoms with Crippen molar-refractivity contribution in [2.75, 3.05) is 19.6 Å². The molecule has 0 fully saturated rings. The summed E-state index contributed by atoms with van der Waals surface area (Å²) in [5.41, 5.74) is 0. The number of halogens is 1. The minimum atomic E-state index is 0. The topological polar surface area (TPSA) is 3.24 Å². The Hall–Kier alpha value is 1.51. The van der Waals surface area contributed by atoms with Gasteiger partial charge in [-0.25, -0.2) is 0 Å². The van der Waals surface area contributed by atoms with Gasteiger partial charge in [0.15, 0.2) is 0 Å². The van der Waals surface area contributed by atoms with Crippen LogP contribution in [0.4, 0.5) is 0 Å². The van der Waals surface area contributed by atoms with Crippen molar-refractivity contribution in [2.45, 2.75) is 20.8 Å². The Balaban J connectivity index is -0.0000000300. The van der Waals surface area contributed by atoms with Crippen molar-refractivity contribution in [3.63, 3.8) is 0 Å². The molecule has 0 aliphatic carbocycles. The van der Waals surface area contributed by atoms with E-state index in [1.54, 1.807) is 0 Å². The molecule has 0 N–H and O–H groups in total. The van der Waals surface area contributed by atoms with Crippen molar-refractivity contribution in [1.29, 1.82) is 0 Å². The number of hydrogen-bond acceptors (Lipinski definition) is 1. The van der Waals surface area contributed by atoms with E-state index in [4.69, 9.17) is 0 Å². The number of rotatable bonds is 3. The fraction of sp³-hybridized carbons (Fsp3) is 1.00. The average Bonchev–Trinajstić information content (AvgIpc) is 1.72. The van der Waals surface area contributed by atoms with Gasteiger partial charge in [-0.15, -0.1) is 12.4 Å². The van der Waals surface area contributed by atoms with Crippen LogP contribution in [-0.4, -0.2) is 62.3 Å². The van der Waals surface area contributed by atoms with Gasteiger partial charge in [-0.05, 0) is 19.6 Å². The zero-order valence-corrected chi connectivity index (χ0v) is 9.71. The van der Waals surface area contributed by atoms with Crippen LogP contribution in [0.25, 0.3) is 0 Å². The second kappa shape index (κ2) is 12.2. The van der Waals surface area contributed by atoms with E-state index in [0.29, 0.717) is 0 Å². The Morgan fingerprint density at radius 2 is 1.22 bits per heavy atom. The molecule has 0 amide bonds. The van der Waals surface area contributed by atoms with E-state index < -0.39 is 0 Å².